The maximum absolute atomic E-state index is 12.2. The van der Waals surface area contributed by atoms with Gasteiger partial charge in [-0.25, -0.2) is 4.79 Å². The maximum atomic E-state index is 12.2. The first-order valence-electron chi connectivity index (χ1n) is 6.00. The molecule has 0 bridgehead atoms. The van der Waals surface area contributed by atoms with E-state index in [0.717, 1.165) is 31.2 Å². The molecule has 2 N–H and O–H groups in total. The minimum Gasteiger partial charge on any atom is -0.306 e. The lowest BCUT2D eigenvalue weighted by atomic mass is 9.96. The molecule has 2 aromatic rings. The molecule has 1 heterocycles. The summed E-state index contributed by atoms with van der Waals surface area (Å²) in [6, 6.07) is 5.36. The fraction of sp³-hybridized carbons (Fsp3) is 0.385. The summed E-state index contributed by atoms with van der Waals surface area (Å²) in [6.07, 6.45) is 4.31. The molecule has 4 nitrogen and oxygen atoms in total. The Morgan fingerprint density at radius 3 is 2.59 bits per heavy atom. The molecule has 0 radical (unpaired) electrons. The van der Waals surface area contributed by atoms with E-state index >= 15 is 0 Å². The van der Waals surface area contributed by atoms with Crippen LogP contribution in [0.4, 0.5) is 0 Å². The normalized spacial score (nSPS) is 16.7. The molecule has 1 aliphatic rings. The van der Waals surface area contributed by atoms with E-state index in [0.29, 0.717) is 11.1 Å². The third-order valence-corrected chi connectivity index (χ3v) is 3.53. The van der Waals surface area contributed by atoms with Crippen molar-refractivity contribution in [1.29, 1.82) is 0 Å². The van der Waals surface area contributed by atoms with Crippen molar-refractivity contribution in [2.45, 2.75) is 25.7 Å². The fourth-order valence-electron chi connectivity index (χ4n) is 2.61. The second-order valence-electron chi connectivity index (χ2n) is 4.69. The van der Waals surface area contributed by atoms with Crippen molar-refractivity contribution in [2.75, 3.05) is 0 Å². The molecule has 0 aliphatic heterocycles. The van der Waals surface area contributed by atoms with E-state index in [9.17, 15) is 9.59 Å². The Balaban J connectivity index is 1.99. The van der Waals surface area contributed by atoms with E-state index in [1.807, 2.05) is 0 Å². The van der Waals surface area contributed by atoms with Gasteiger partial charge in [-0.1, -0.05) is 12.8 Å². The van der Waals surface area contributed by atoms with Crippen LogP contribution in [0.1, 0.15) is 36.0 Å². The van der Waals surface area contributed by atoms with E-state index in [4.69, 9.17) is 0 Å². The highest BCUT2D eigenvalue weighted by molar-refractivity contribution is 6.00. The van der Waals surface area contributed by atoms with Crippen molar-refractivity contribution in [2.24, 2.45) is 5.92 Å². The van der Waals surface area contributed by atoms with Gasteiger partial charge in [-0.05, 0) is 31.0 Å². The van der Waals surface area contributed by atoms with Crippen LogP contribution in [0.25, 0.3) is 11.0 Å². The number of rotatable bonds is 2. The van der Waals surface area contributed by atoms with Gasteiger partial charge in [0.05, 0.1) is 11.0 Å². The number of Topliss-reactive ketones (excluding diaryl/α,β-unsaturated/α-hetero) is 1. The summed E-state index contributed by atoms with van der Waals surface area (Å²) in [5.74, 6) is 0.393. The predicted octanol–water partition coefficient (Wildman–Crippen LogP) is 2.23. The topological polar surface area (TPSA) is 65.7 Å². The standard InChI is InChI=1S/C13H14N2O2/c16-12(8-3-1-2-4-8)9-5-6-10-11(7-9)15-13(17)14-10/h5-8H,1-4H2,(H2,14,15,17). The van der Waals surface area contributed by atoms with Crippen LogP contribution >= 0.6 is 0 Å². The zero-order valence-electron chi connectivity index (χ0n) is 9.45. The average Bonchev–Trinajstić information content (AvgIpc) is 2.94. The van der Waals surface area contributed by atoms with Crippen molar-refractivity contribution in [3.8, 4) is 0 Å². The number of hydrogen-bond donors (Lipinski definition) is 2. The summed E-state index contributed by atoms with van der Waals surface area (Å²) in [4.78, 5) is 28.7. The van der Waals surface area contributed by atoms with Crippen LogP contribution < -0.4 is 5.69 Å². The number of carbonyl (C=O) groups is 1. The predicted molar refractivity (Wildman–Crippen MR) is 65.2 cm³/mol. The fourth-order valence-corrected chi connectivity index (χ4v) is 2.61. The lowest BCUT2D eigenvalue weighted by Gasteiger charge is -2.07. The number of ketones is 1. The Kier molecular flexibility index (Phi) is 2.35. The molecule has 1 aliphatic carbocycles. The molecular formula is C13H14N2O2. The number of carbonyl (C=O) groups excluding carboxylic acids is 1. The summed E-state index contributed by atoms with van der Waals surface area (Å²) in [5, 5.41) is 0. The summed E-state index contributed by atoms with van der Waals surface area (Å²) in [6.45, 7) is 0. The number of hydrogen-bond acceptors (Lipinski definition) is 2. The monoisotopic (exact) mass is 230 g/mol. The molecular weight excluding hydrogens is 216 g/mol. The first-order chi connectivity index (χ1) is 8.24. The summed E-state index contributed by atoms with van der Waals surface area (Å²) in [5.41, 5.74) is 1.93. The van der Waals surface area contributed by atoms with Crippen LogP contribution in [0.3, 0.4) is 0 Å². The number of fused-ring (bicyclic) bond motifs is 1. The highest BCUT2D eigenvalue weighted by Gasteiger charge is 2.23. The van der Waals surface area contributed by atoms with Crippen LogP contribution in [0.5, 0.6) is 0 Å². The highest BCUT2D eigenvalue weighted by atomic mass is 16.1. The zero-order valence-corrected chi connectivity index (χ0v) is 9.45. The number of H-pyrrole nitrogens is 2. The second-order valence-corrected chi connectivity index (χ2v) is 4.69. The van der Waals surface area contributed by atoms with Crippen molar-refractivity contribution in [3.05, 3.63) is 34.2 Å². The summed E-state index contributed by atoms with van der Waals surface area (Å²) in [7, 11) is 0. The summed E-state index contributed by atoms with van der Waals surface area (Å²) < 4.78 is 0. The van der Waals surface area contributed by atoms with Crippen molar-refractivity contribution >= 4 is 16.8 Å². The van der Waals surface area contributed by atoms with E-state index < -0.39 is 0 Å². The Bertz CT molecular complexity index is 618. The first kappa shape index (κ1) is 10.3. The number of benzene rings is 1. The van der Waals surface area contributed by atoms with Crippen LogP contribution in [-0.4, -0.2) is 15.8 Å². The van der Waals surface area contributed by atoms with E-state index in [2.05, 4.69) is 9.97 Å². The largest absolute Gasteiger partial charge is 0.323 e. The maximum Gasteiger partial charge on any atom is 0.323 e. The van der Waals surface area contributed by atoms with Crippen molar-refractivity contribution in [3.63, 3.8) is 0 Å². The van der Waals surface area contributed by atoms with Gasteiger partial charge >= 0.3 is 5.69 Å². The van der Waals surface area contributed by atoms with Crippen LogP contribution in [-0.2, 0) is 0 Å². The van der Waals surface area contributed by atoms with E-state index in [1.54, 1.807) is 18.2 Å². The van der Waals surface area contributed by atoms with Gasteiger partial charge in [0, 0.05) is 11.5 Å². The Morgan fingerprint density at radius 2 is 1.82 bits per heavy atom. The van der Waals surface area contributed by atoms with Gasteiger partial charge in [-0.3, -0.25) is 4.79 Å². The first-order valence-corrected chi connectivity index (χ1v) is 6.00. The van der Waals surface area contributed by atoms with Gasteiger partial charge in [0.15, 0.2) is 5.78 Å². The molecule has 88 valence electrons. The molecule has 3 rings (SSSR count). The minimum absolute atomic E-state index is 0.179. The Hall–Kier alpha value is -1.84. The third kappa shape index (κ3) is 1.79. The molecule has 0 atom stereocenters. The molecule has 0 amide bonds. The van der Waals surface area contributed by atoms with Crippen LogP contribution in [0, 0.1) is 5.92 Å². The van der Waals surface area contributed by atoms with Crippen LogP contribution in [0.2, 0.25) is 0 Å². The summed E-state index contributed by atoms with van der Waals surface area (Å²) >= 11 is 0. The van der Waals surface area contributed by atoms with Gasteiger partial charge in [-0.15, -0.1) is 0 Å². The number of aromatic nitrogens is 2. The molecule has 0 saturated heterocycles. The van der Waals surface area contributed by atoms with Gasteiger partial charge < -0.3 is 9.97 Å². The highest BCUT2D eigenvalue weighted by Crippen LogP contribution is 2.28. The number of imidazole rings is 1. The molecule has 1 fully saturated rings. The lowest BCUT2D eigenvalue weighted by Crippen LogP contribution is -2.10. The average molecular weight is 230 g/mol. The number of aromatic amines is 2. The zero-order chi connectivity index (χ0) is 11.8. The molecule has 1 aromatic heterocycles. The Labute approximate surface area is 98.0 Å². The minimum atomic E-state index is -0.231. The second kappa shape index (κ2) is 3.87. The smallest absolute Gasteiger partial charge is 0.306 e. The van der Waals surface area contributed by atoms with Gasteiger partial charge in [0.25, 0.3) is 0 Å². The van der Waals surface area contributed by atoms with Crippen molar-refractivity contribution in [1.82, 2.24) is 9.97 Å². The van der Waals surface area contributed by atoms with Gasteiger partial charge in [0.2, 0.25) is 0 Å². The van der Waals surface area contributed by atoms with Crippen molar-refractivity contribution < 1.29 is 4.79 Å². The molecule has 17 heavy (non-hydrogen) atoms. The van der Waals surface area contributed by atoms with Crippen LogP contribution in [0.15, 0.2) is 23.0 Å². The van der Waals surface area contributed by atoms with Gasteiger partial charge in [-0.2, -0.15) is 0 Å². The number of nitrogens with one attached hydrogen (secondary N) is 2. The molecule has 1 saturated carbocycles. The quantitative estimate of drug-likeness (QED) is 0.777. The van der Waals surface area contributed by atoms with E-state index in [-0.39, 0.29) is 17.4 Å². The Morgan fingerprint density at radius 1 is 1.12 bits per heavy atom. The molecule has 0 unspecified atom stereocenters. The third-order valence-electron chi connectivity index (χ3n) is 3.53. The molecule has 0 spiro atoms. The van der Waals surface area contributed by atoms with E-state index in [1.165, 1.54) is 0 Å². The molecule has 4 heteroatoms. The SMILES string of the molecule is O=C(c1ccc2[nH]c(=O)[nH]c2c1)C1CCCC1. The lowest BCUT2D eigenvalue weighted by molar-refractivity contribution is 0.0923. The molecule has 1 aromatic carbocycles. The van der Waals surface area contributed by atoms with Gasteiger partial charge in [0.1, 0.15) is 0 Å².